The fourth-order valence-electron chi connectivity index (χ4n) is 3.11. The first kappa shape index (κ1) is 28.3. The van der Waals surface area contributed by atoms with Gasteiger partial charge in [0.15, 0.2) is 0 Å². The summed E-state index contributed by atoms with van der Waals surface area (Å²) < 4.78 is 6.19. The molecule has 0 fully saturated rings. The van der Waals surface area contributed by atoms with Gasteiger partial charge in [0.1, 0.15) is 6.10 Å². The number of nitrogens with one attached hydrogen (secondary N) is 2. The lowest BCUT2D eigenvalue weighted by Gasteiger charge is -2.28. The Kier molecular flexibility index (Phi) is 15.3. The predicted molar refractivity (Wildman–Crippen MR) is 135 cm³/mol. The fourth-order valence-corrected chi connectivity index (χ4v) is 3.76. The van der Waals surface area contributed by atoms with Gasteiger partial charge < -0.3 is 26.2 Å². The number of aliphatic hydroxyl groups is 1. The Labute approximate surface area is 197 Å². The normalized spacial score (nSPS) is 16.3. The van der Waals surface area contributed by atoms with Crippen molar-refractivity contribution in [3.05, 3.63) is 35.9 Å². The Morgan fingerprint density at radius 3 is 2.61 bits per heavy atom. The second kappa shape index (κ2) is 16.8. The van der Waals surface area contributed by atoms with E-state index in [4.69, 9.17) is 10.5 Å². The summed E-state index contributed by atoms with van der Waals surface area (Å²) in [5.41, 5.74) is 7.05. The number of nitrogens with two attached hydrogens (primary N) is 1. The molecule has 1 aromatic carbocycles. The molecule has 1 amide bonds. The number of hydrogen-bond donors (Lipinski definition) is 5. The van der Waals surface area contributed by atoms with Crippen LogP contribution in [0.4, 0.5) is 0 Å². The molecule has 0 aromatic heterocycles. The molecule has 0 saturated heterocycles. The highest BCUT2D eigenvalue weighted by Gasteiger charge is 2.25. The minimum absolute atomic E-state index is 0.0277. The van der Waals surface area contributed by atoms with E-state index >= 15 is 0 Å². The highest BCUT2D eigenvalue weighted by Crippen LogP contribution is 2.13. The third kappa shape index (κ3) is 11.6. The van der Waals surface area contributed by atoms with Crippen LogP contribution in [0.25, 0.3) is 0 Å². The Balaban J connectivity index is 2.84. The molecule has 178 valence electrons. The number of rotatable bonds is 17. The molecule has 0 radical (unpaired) electrons. The van der Waals surface area contributed by atoms with E-state index < -0.39 is 6.10 Å². The van der Waals surface area contributed by atoms with E-state index in [1.165, 1.54) is 0 Å². The van der Waals surface area contributed by atoms with Gasteiger partial charge in [-0.05, 0) is 29.9 Å². The highest BCUT2D eigenvalue weighted by atomic mass is 32.2. The molecule has 8 heteroatoms. The lowest BCUT2D eigenvalue weighted by atomic mass is 9.99. The molecule has 0 aliphatic rings. The number of hydrogen-bond acceptors (Lipinski definition) is 7. The standard InChI is InChI=1S/C23H41N3O3S2/c1-4-17(2)21(25-13-19(24)16-30)15-29-22(12-18-8-6-5-7-9-18)23(28)26-20(14-27)10-11-31-3/h5-9,17,19-22,25,27,30H,4,10-16,24H2,1-3H3,(H,26,28)/t17-,19+,20-,21-,22-/m0/s1. The second-order valence-electron chi connectivity index (χ2n) is 8.02. The molecule has 0 aliphatic carbocycles. The summed E-state index contributed by atoms with van der Waals surface area (Å²) in [4.78, 5) is 13.0. The van der Waals surface area contributed by atoms with Crippen molar-refractivity contribution in [1.82, 2.24) is 10.6 Å². The van der Waals surface area contributed by atoms with Crippen LogP contribution in [0.2, 0.25) is 0 Å². The van der Waals surface area contributed by atoms with E-state index in [2.05, 4.69) is 37.1 Å². The summed E-state index contributed by atoms with van der Waals surface area (Å²) in [6.07, 6.45) is 3.59. The molecule has 0 bridgehead atoms. The molecule has 0 unspecified atom stereocenters. The lowest BCUT2D eigenvalue weighted by molar-refractivity contribution is -0.134. The molecular formula is C23H41N3O3S2. The van der Waals surface area contributed by atoms with Crippen molar-refractivity contribution in [2.24, 2.45) is 11.7 Å². The first-order valence-electron chi connectivity index (χ1n) is 11.1. The van der Waals surface area contributed by atoms with Crippen molar-refractivity contribution in [3.63, 3.8) is 0 Å². The number of thioether (sulfide) groups is 1. The number of aliphatic hydroxyl groups excluding tert-OH is 1. The number of carbonyl (C=O) groups is 1. The summed E-state index contributed by atoms with van der Waals surface area (Å²) in [5, 5.41) is 16.1. The SMILES string of the molecule is CC[C@H](C)[C@H](CO[C@@H](Cc1ccccc1)C(=O)N[C@H](CO)CCSC)NC[C@@H](N)CS. The van der Waals surface area contributed by atoms with Gasteiger partial charge in [0.25, 0.3) is 0 Å². The Hall–Kier alpha value is -0.770. The van der Waals surface area contributed by atoms with Crippen LogP contribution < -0.4 is 16.4 Å². The molecule has 5 atom stereocenters. The van der Waals surface area contributed by atoms with Crippen LogP contribution in [0.3, 0.4) is 0 Å². The average molecular weight is 472 g/mol. The van der Waals surface area contributed by atoms with Gasteiger partial charge in [-0.25, -0.2) is 0 Å². The minimum Gasteiger partial charge on any atom is -0.394 e. The number of amides is 1. The first-order chi connectivity index (χ1) is 14.9. The summed E-state index contributed by atoms with van der Waals surface area (Å²) >= 11 is 5.95. The van der Waals surface area contributed by atoms with E-state index in [0.29, 0.717) is 31.2 Å². The smallest absolute Gasteiger partial charge is 0.249 e. The Morgan fingerprint density at radius 2 is 2.03 bits per heavy atom. The van der Waals surface area contributed by atoms with E-state index in [1.807, 2.05) is 36.6 Å². The molecule has 0 heterocycles. The molecular weight excluding hydrogens is 430 g/mol. The van der Waals surface area contributed by atoms with Crippen LogP contribution in [0.5, 0.6) is 0 Å². The summed E-state index contributed by atoms with van der Waals surface area (Å²) in [6.45, 7) is 5.29. The van der Waals surface area contributed by atoms with Crippen LogP contribution in [-0.4, -0.2) is 72.8 Å². The molecule has 0 saturated carbocycles. The van der Waals surface area contributed by atoms with Crippen molar-refractivity contribution < 1.29 is 14.6 Å². The number of carbonyl (C=O) groups excluding carboxylic acids is 1. The first-order valence-corrected chi connectivity index (χ1v) is 13.1. The molecule has 1 rings (SSSR count). The third-order valence-electron chi connectivity index (χ3n) is 5.48. The zero-order valence-corrected chi connectivity index (χ0v) is 20.8. The topological polar surface area (TPSA) is 96.6 Å². The molecule has 0 spiro atoms. The quantitative estimate of drug-likeness (QED) is 0.223. The number of ether oxygens (including phenoxy) is 1. The van der Waals surface area contributed by atoms with Crippen LogP contribution >= 0.6 is 24.4 Å². The van der Waals surface area contributed by atoms with Crippen LogP contribution in [0.15, 0.2) is 30.3 Å². The average Bonchev–Trinajstić information content (AvgIpc) is 2.80. The fraction of sp³-hybridized carbons (Fsp3) is 0.696. The van der Waals surface area contributed by atoms with Crippen molar-refractivity contribution in [1.29, 1.82) is 0 Å². The monoisotopic (exact) mass is 471 g/mol. The van der Waals surface area contributed by atoms with Gasteiger partial charge in [0.05, 0.1) is 19.3 Å². The van der Waals surface area contributed by atoms with E-state index in [1.54, 1.807) is 11.8 Å². The van der Waals surface area contributed by atoms with Gasteiger partial charge in [-0.1, -0.05) is 50.6 Å². The Morgan fingerprint density at radius 1 is 1.32 bits per heavy atom. The van der Waals surface area contributed by atoms with Crippen LogP contribution in [-0.2, 0) is 16.0 Å². The van der Waals surface area contributed by atoms with E-state index in [-0.39, 0.29) is 30.6 Å². The summed E-state index contributed by atoms with van der Waals surface area (Å²) in [6, 6.07) is 9.67. The van der Waals surface area contributed by atoms with Gasteiger partial charge in [0, 0.05) is 30.8 Å². The van der Waals surface area contributed by atoms with Gasteiger partial charge in [-0.15, -0.1) is 0 Å². The van der Waals surface area contributed by atoms with Crippen LogP contribution in [0.1, 0.15) is 32.3 Å². The molecule has 0 aliphatic heterocycles. The molecule has 6 nitrogen and oxygen atoms in total. The van der Waals surface area contributed by atoms with Gasteiger partial charge in [0.2, 0.25) is 5.91 Å². The van der Waals surface area contributed by atoms with Crippen molar-refractivity contribution in [2.45, 2.75) is 57.3 Å². The maximum Gasteiger partial charge on any atom is 0.249 e. The minimum atomic E-state index is -0.627. The number of benzene rings is 1. The highest BCUT2D eigenvalue weighted by molar-refractivity contribution is 7.98. The second-order valence-corrected chi connectivity index (χ2v) is 9.37. The maximum absolute atomic E-state index is 13.0. The van der Waals surface area contributed by atoms with Crippen molar-refractivity contribution >= 4 is 30.3 Å². The van der Waals surface area contributed by atoms with Gasteiger partial charge in [-0.3, -0.25) is 4.79 Å². The van der Waals surface area contributed by atoms with Crippen molar-refractivity contribution in [3.8, 4) is 0 Å². The van der Waals surface area contributed by atoms with Gasteiger partial charge in [-0.2, -0.15) is 24.4 Å². The molecule has 1 aromatic rings. The summed E-state index contributed by atoms with van der Waals surface area (Å²) in [5.74, 6) is 1.68. The van der Waals surface area contributed by atoms with Crippen molar-refractivity contribution in [2.75, 3.05) is 37.5 Å². The van der Waals surface area contributed by atoms with Crippen LogP contribution in [0, 0.1) is 5.92 Å². The van der Waals surface area contributed by atoms with Gasteiger partial charge >= 0.3 is 0 Å². The summed E-state index contributed by atoms with van der Waals surface area (Å²) in [7, 11) is 0. The Bertz CT molecular complexity index is 595. The maximum atomic E-state index is 13.0. The van der Waals surface area contributed by atoms with E-state index in [9.17, 15) is 9.90 Å². The largest absolute Gasteiger partial charge is 0.394 e. The predicted octanol–water partition coefficient (Wildman–Crippen LogP) is 2.11. The molecule has 31 heavy (non-hydrogen) atoms. The lowest BCUT2D eigenvalue weighted by Crippen LogP contribution is -2.49. The number of thiol groups is 1. The zero-order chi connectivity index (χ0) is 23.1. The zero-order valence-electron chi connectivity index (χ0n) is 19.1. The molecule has 5 N–H and O–H groups in total. The third-order valence-corrected chi connectivity index (χ3v) is 6.59. The van der Waals surface area contributed by atoms with E-state index in [0.717, 1.165) is 24.2 Å².